The topological polar surface area (TPSA) is 102 Å². The lowest BCUT2D eigenvalue weighted by Crippen LogP contribution is -2.49. The number of methoxy groups -OCH3 is 1. The number of para-hydroxylation sites is 3. The molecule has 206 valence electrons. The highest BCUT2D eigenvalue weighted by molar-refractivity contribution is 5.99. The van der Waals surface area contributed by atoms with Gasteiger partial charge in [0.15, 0.2) is 11.5 Å². The molecule has 0 spiro atoms. The van der Waals surface area contributed by atoms with Gasteiger partial charge in [-0.1, -0.05) is 24.3 Å². The van der Waals surface area contributed by atoms with Gasteiger partial charge in [-0.15, -0.1) is 0 Å². The molecule has 0 unspecified atom stereocenters. The normalized spacial score (nSPS) is 13.8. The minimum atomic E-state index is -4.53. The number of carbonyl (C=O) groups is 1. The van der Waals surface area contributed by atoms with E-state index in [2.05, 4.69) is 9.88 Å². The van der Waals surface area contributed by atoms with Gasteiger partial charge in [0, 0.05) is 37.8 Å². The first-order valence-electron chi connectivity index (χ1n) is 12.3. The van der Waals surface area contributed by atoms with Crippen molar-refractivity contribution in [2.24, 2.45) is 0 Å². The van der Waals surface area contributed by atoms with Gasteiger partial charge in [-0.2, -0.15) is 13.2 Å². The highest BCUT2D eigenvalue weighted by Crippen LogP contribution is 2.37. The molecule has 1 aliphatic rings. The second kappa shape index (κ2) is 10.7. The summed E-state index contributed by atoms with van der Waals surface area (Å²) < 4.78 is 50.5. The molecule has 0 bridgehead atoms. The van der Waals surface area contributed by atoms with Crippen molar-refractivity contribution in [2.45, 2.75) is 6.18 Å². The van der Waals surface area contributed by atoms with Crippen LogP contribution >= 0.6 is 0 Å². The molecule has 1 fully saturated rings. The minimum Gasteiger partial charge on any atom is -0.495 e. The van der Waals surface area contributed by atoms with Crippen LogP contribution in [0.3, 0.4) is 0 Å². The highest BCUT2D eigenvalue weighted by atomic mass is 19.4. The second-order valence-corrected chi connectivity index (χ2v) is 9.00. The summed E-state index contributed by atoms with van der Waals surface area (Å²) in [6.45, 7) is 1.65. The van der Waals surface area contributed by atoms with Crippen LogP contribution in [0, 0.1) is 10.1 Å². The maximum absolute atomic E-state index is 13.7. The molecular weight excluding hydrogens is 529 g/mol. The molecule has 9 nitrogen and oxygen atoms in total. The lowest BCUT2D eigenvalue weighted by molar-refractivity contribution is -0.384. The molecular formula is C28H23F3N4O5. The number of anilines is 1. The number of benzene rings is 3. The lowest BCUT2D eigenvalue weighted by Gasteiger charge is -2.36. The largest absolute Gasteiger partial charge is 0.495 e. The number of piperazine rings is 1. The SMILES string of the molecule is COc1ccccc1N1CCN(C(=O)c2nc(-c3ccc(C(F)(F)F)cc3)oc2-c2ccccc2[N+](=O)[O-])CC1. The Hall–Kier alpha value is -4.87. The Morgan fingerprint density at radius 3 is 2.27 bits per heavy atom. The van der Waals surface area contributed by atoms with E-state index in [9.17, 15) is 28.1 Å². The Balaban J connectivity index is 1.48. The quantitative estimate of drug-likeness (QED) is 0.217. The number of hydrogen-bond donors (Lipinski definition) is 0. The van der Waals surface area contributed by atoms with Gasteiger partial charge < -0.3 is 19.0 Å². The van der Waals surface area contributed by atoms with Gasteiger partial charge in [-0.05, 0) is 42.5 Å². The number of halogens is 3. The van der Waals surface area contributed by atoms with Crippen LogP contribution in [0.25, 0.3) is 22.8 Å². The van der Waals surface area contributed by atoms with Gasteiger partial charge in [0.1, 0.15) is 5.75 Å². The molecule has 1 aromatic heterocycles. The number of ether oxygens (including phenoxy) is 1. The molecule has 5 rings (SSSR count). The third-order valence-corrected chi connectivity index (χ3v) is 6.63. The number of nitrogens with zero attached hydrogens (tertiary/aromatic N) is 4. The number of alkyl halides is 3. The molecule has 0 atom stereocenters. The van der Waals surface area contributed by atoms with Crippen LogP contribution in [0.5, 0.6) is 5.75 Å². The molecule has 3 aromatic carbocycles. The molecule has 40 heavy (non-hydrogen) atoms. The average molecular weight is 553 g/mol. The number of carbonyl (C=O) groups excluding carboxylic acids is 1. The Labute approximate surface area is 226 Å². The number of amides is 1. The fourth-order valence-electron chi connectivity index (χ4n) is 4.59. The van der Waals surface area contributed by atoms with Gasteiger partial charge in [0.25, 0.3) is 11.6 Å². The predicted octanol–water partition coefficient (Wildman–Crippen LogP) is 5.91. The first-order valence-corrected chi connectivity index (χ1v) is 12.3. The first-order chi connectivity index (χ1) is 19.2. The van der Waals surface area contributed by atoms with Crippen molar-refractivity contribution < 1.29 is 32.0 Å². The van der Waals surface area contributed by atoms with Crippen LogP contribution in [0.1, 0.15) is 16.1 Å². The van der Waals surface area contributed by atoms with Gasteiger partial charge >= 0.3 is 6.18 Å². The average Bonchev–Trinajstić information content (AvgIpc) is 3.42. The summed E-state index contributed by atoms with van der Waals surface area (Å²) in [6, 6.07) is 17.4. The Morgan fingerprint density at radius 1 is 0.975 bits per heavy atom. The minimum absolute atomic E-state index is 0.0363. The Kier molecular flexibility index (Phi) is 7.16. The maximum atomic E-state index is 13.7. The van der Waals surface area contributed by atoms with E-state index in [1.165, 1.54) is 30.3 Å². The van der Waals surface area contributed by atoms with Crippen molar-refractivity contribution in [3.05, 3.63) is 94.2 Å². The maximum Gasteiger partial charge on any atom is 0.416 e. The zero-order valence-corrected chi connectivity index (χ0v) is 21.2. The summed E-state index contributed by atoms with van der Waals surface area (Å²) in [5.41, 5.74) is -0.195. The lowest BCUT2D eigenvalue weighted by atomic mass is 10.1. The van der Waals surface area contributed by atoms with E-state index in [-0.39, 0.29) is 34.2 Å². The summed E-state index contributed by atoms with van der Waals surface area (Å²) in [4.78, 5) is 32.8. The van der Waals surface area contributed by atoms with Crippen LogP contribution in [0.15, 0.2) is 77.2 Å². The van der Waals surface area contributed by atoms with E-state index in [0.29, 0.717) is 31.9 Å². The zero-order chi connectivity index (χ0) is 28.4. The van der Waals surface area contributed by atoms with Gasteiger partial charge in [-0.25, -0.2) is 4.98 Å². The molecule has 0 aliphatic carbocycles. The summed E-state index contributed by atoms with van der Waals surface area (Å²) in [7, 11) is 1.59. The van der Waals surface area contributed by atoms with Crippen LogP contribution in [0.2, 0.25) is 0 Å². The monoisotopic (exact) mass is 552 g/mol. The van der Waals surface area contributed by atoms with Crippen molar-refractivity contribution in [1.82, 2.24) is 9.88 Å². The van der Waals surface area contributed by atoms with Crippen molar-refractivity contribution in [3.8, 4) is 28.5 Å². The van der Waals surface area contributed by atoms with Gasteiger partial charge in [-0.3, -0.25) is 14.9 Å². The summed E-state index contributed by atoms with van der Waals surface area (Å²) >= 11 is 0. The third kappa shape index (κ3) is 5.20. The zero-order valence-electron chi connectivity index (χ0n) is 21.2. The number of rotatable bonds is 6. The molecule has 0 radical (unpaired) electrons. The Morgan fingerprint density at radius 2 is 1.62 bits per heavy atom. The number of nitro benzene ring substituents is 1. The number of hydrogen-bond acceptors (Lipinski definition) is 7. The van der Waals surface area contributed by atoms with Crippen molar-refractivity contribution >= 4 is 17.3 Å². The summed E-state index contributed by atoms with van der Waals surface area (Å²) in [6.07, 6.45) is -4.53. The van der Waals surface area contributed by atoms with E-state index >= 15 is 0 Å². The van der Waals surface area contributed by atoms with Crippen LogP contribution in [-0.2, 0) is 6.18 Å². The molecule has 0 saturated carbocycles. The number of aromatic nitrogens is 1. The smallest absolute Gasteiger partial charge is 0.416 e. The molecule has 12 heteroatoms. The van der Waals surface area contributed by atoms with Gasteiger partial charge in [0.05, 0.1) is 28.8 Å². The highest BCUT2D eigenvalue weighted by Gasteiger charge is 2.33. The van der Waals surface area contributed by atoms with Crippen molar-refractivity contribution in [3.63, 3.8) is 0 Å². The molecule has 1 aliphatic heterocycles. The standard InChI is InChI=1S/C28H23F3N4O5/c1-39-23-9-5-4-8-22(23)33-14-16-34(17-15-33)27(36)24-25(20-6-2-3-7-21(20)35(37)38)40-26(32-24)18-10-12-19(13-11-18)28(29,30)31/h2-13H,14-17H2,1H3. The Bertz CT molecular complexity index is 1540. The van der Waals surface area contributed by atoms with Gasteiger partial charge in [0.2, 0.25) is 5.89 Å². The van der Waals surface area contributed by atoms with E-state index in [1.807, 2.05) is 24.3 Å². The van der Waals surface area contributed by atoms with E-state index in [1.54, 1.807) is 18.1 Å². The van der Waals surface area contributed by atoms with E-state index in [0.717, 1.165) is 17.8 Å². The second-order valence-electron chi connectivity index (χ2n) is 9.00. The predicted molar refractivity (Wildman–Crippen MR) is 140 cm³/mol. The molecule has 1 saturated heterocycles. The molecule has 0 N–H and O–H groups in total. The van der Waals surface area contributed by atoms with Crippen LogP contribution in [0.4, 0.5) is 24.5 Å². The third-order valence-electron chi connectivity index (χ3n) is 6.63. The molecule has 1 amide bonds. The summed E-state index contributed by atoms with van der Waals surface area (Å²) in [5.74, 6) is -0.0504. The van der Waals surface area contributed by atoms with Crippen LogP contribution in [-0.4, -0.2) is 54.0 Å². The fraction of sp³-hybridized carbons (Fsp3) is 0.214. The number of nitro groups is 1. The van der Waals surface area contributed by atoms with Crippen LogP contribution < -0.4 is 9.64 Å². The number of oxazole rings is 1. The fourth-order valence-corrected chi connectivity index (χ4v) is 4.59. The van der Waals surface area contributed by atoms with Crippen molar-refractivity contribution in [2.75, 3.05) is 38.2 Å². The van der Waals surface area contributed by atoms with E-state index in [4.69, 9.17) is 9.15 Å². The van der Waals surface area contributed by atoms with Crippen molar-refractivity contribution in [1.29, 1.82) is 0 Å². The first kappa shape index (κ1) is 26.7. The molecule has 4 aromatic rings. The molecule has 2 heterocycles. The van der Waals surface area contributed by atoms with E-state index < -0.39 is 22.6 Å². The summed E-state index contributed by atoms with van der Waals surface area (Å²) in [5, 5.41) is 11.7.